The van der Waals surface area contributed by atoms with E-state index in [1.165, 1.54) is 18.2 Å². The molecule has 0 saturated carbocycles. The first-order valence-electron chi connectivity index (χ1n) is 7.04. The van der Waals surface area contributed by atoms with Gasteiger partial charge in [0.05, 0.1) is 0 Å². The Morgan fingerprint density at radius 1 is 1.29 bits per heavy atom. The molecule has 114 valence electrons. The lowest BCUT2D eigenvalue weighted by atomic mass is 10.1. The molecule has 0 aromatic heterocycles. The van der Waals surface area contributed by atoms with E-state index >= 15 is 0 Å². The van der Waals surface area contributed by atoms with Crippen molar-refractivity contribution in [3.8, 4) is 0 Å². The van der Waals surface area contributed by atoms with Crippen LogP contribution in [-0.4, -0.2) is 59.0 Å². The van der Waals surface area contributed by atoms with Crippen LogP contribution >= 0.6 is 0 Å². The molecule has 1 N–H and O–H groups in total. The summed E-state index contributed by atoms with van der Waals surface area (Å²) < 4.78 is 13.2. The highest BCUT2D eigenvalue weighted by Crippen LogP contribution is 2.13. The smallest absolute Gasteiger partial charge is 0.320 e. The van der Waals surface area contributed by atoms with Gasteiger partial charge in [-0.05, 0) is 24.6 Å². The van der Waals surface area contributed by atoms with Crippen LogP contribution in [0.1, 0.15) is 23.7 Å². The molecule has 21 heavy (non-hydrogen) atoms. The SMILES string of the molecule is CC[C@H](C(=O)O)N1CCN(C(=O)c2cccc(F)c2)CC1. The summed E-state index contributed by atoms with van der Waals surface area (Å²) in [6.07, 6.45) is 0.535. The molecule has 1 fully saturated rings. The predicted octanol–water partition coefficient (Wildman–Crippen LogP) is 1.45. The zero-order valence-electron chi connectivity index (χ0n) is 12.0. The molecule has 1 aliphatic rings. The van der Waals surface area contributed by atoms with E-state index in [9.17, 15) is 14.0 Å². The summed E-state index contributed by atoms with van der Waals surface area (Å²) in [5.41, 5.74) is 0.328. The number of benzene rings is 1. The molecule has 1 saturated heterocycles. The summed E-state index contributed by atoms with van der Waals surface area (Å²) in [4.78, 5) is 26.9. The largest absolute Gasteiger partial charge is 0.480 e. The summed E-state index contributed by atoms with van der Waals surface area (Å²) in [5.74, 6) is -1.48. The lowest BCUT2D eigenvalue weighted by Gasteiger charge is -2.37. The van der Waals surface area contributed by atoms with Gasteiger partial charge in [0.15, 0.2) is 0 Å². The highest BCUT2D eigenvalue weighted by molar-refractivity contribution is 5.94. The molecule has 0 unspecified atom stereocenters. The maximum Gasteiger partial charge on any atom is 0.320 e. The number of carbonyl (C=O) groups excluding carboxylic acids is 1. The van der Waals surface area contributed by atoms with Crippen LogP contribution in [0.15, 0.2) is 24.3 Å². The number of carboxylic acid groups (broad SMARTS) is 1. The topological polar surface area (TPSA) is 60.9 Å². The van der Waals surface area contributed by atoms with Crippen molar-refractivity contribution in [1.29, 1.82) is 0 Å². The monoisotopic (exact) mass is 294 g/mol. The highest BCUT2D eigenvalue weighted by atomic mass is 19.1. The second kappa shape index (κ2) is 6.67. The third-order valence-electron chi connectivity index (χ3n) is 3.79. The van der Waals surface area contributed by atoms with Gasteiger partial charge < -0.3 is 10.0 Å². The quantitative estimate of drug-likeness (QED) is 0.913. The fourth-order valence-corrected chi connectivity index (χ4v) is 2.63. The van der Waals surface area contributed by atoms with Crippen molar-refractivity contribution < 1.29 is 19.1 Å². The molecule has 1 aromatic rings. The van der Waals surface area contributed by atoms with Crippen molar-refractivity contribution in [3.05, 3.63) is 35.6 Å². The first-order valence-corrected chi connectivity index (χ1v) is 7.04. The number of hydrogen-bond acceptors (Lipinski definition) is 3. The third kappa shape index (κ3) is 3.58. The second-order valence-electron chi connectivity index (χ2n) is 5.10. The Labute approximate surface area is 123 Å². The normalized spacial score (nSPS) is 17.5. The number of aliphatic carboxylic acids is 1. The van der Waals surface area contributed by atoms with Gasteiger partial charge >= 0.3 is 5.97 Å². The van der Waals surface area contributed by atoms with Gasteiger partial charge in [0, 0.05) is 31.7 Å². The Kier molecular flexibility index (Phi) is 4.90. The van der Waals surface area contributed by atoms with Gasteiger partial charge in [-0.1, -0.05) is 13.0 Å². The van der Waals surface area contributed by atoms with Gasteiger partial charge in [0.25, 0.3) is 5.91 Å². The number of piperazine rings is 1. The number of carboxylic acids is 1. The van der Waals surface area contributed by atoms with E-state index in [0.717, 1.165) is 0 Å². The molecule has 0 spiro atoms. The van der Waals surface area contributed by atoms with Gasteiger partial charge in [-0.3, -0.25) is 14.5 Å². The molecule has 1 heterocycles. The molecule has 5 nitrogen and oxygen atoms in total. The molecule has 1 amide bonds. The molecular weight excluding hydrogens is 275 g/mol. The van der Waals surface area contributed by atoms with Gasteiger partial charge in [-0.2, -0.15) is 0 Å². The van der Waals surface area contributed by atoms with Gasteiger partial charge in [-0.25, -0.2) is 4.39 Å². The van der Waals surface area contributed by atoms with E-state index in [4.69, 9.17) is 5.11 Å². The number of amides is 1. The van der Waals surface area contributed by atoms with Crippen LogP contribution in [0.4, 0.5) is 4.39 Å². The standard InChI is InChI=1S/C15H19FN2O3/c1-2-13(15(20)21)17-6-8-18(9-7-17)14(19)11-4-3-5-12(16)10-11/h3-5,10,13H,2,6-9H2,1H3,(H,20,21)/t13-/m1/s1. The van der Waals surface area contributed by atoms with Gasteiger partial charge in [0.1, 0.15) is 11.9 Å². The zero-order chi connectivity index (χ0) is 15.4. The van der Waals surface area contributed by atoms with Crippen molar-refractivity contribution in [2.75, 3.05) is 26.2 Å². The van der Waals surface area contributed by atoms with Crippen LogP contribution in [0.2, 0.25) is 0 Å². The molecule has 0 aliphatic carbocycles. The highest BCUT2D eigenvalue weighted by Gasteiger charge is 2.29. The van der Waals surface area contributed by atoms with E-state index in [1.54, 1.807) is 11.0 Å². The van der Waals surface area contributed by atoms with Gasteiger partial charge in [0.2, 0.25) is 0 Å². The second-order valence-corrected chi connectivity index (χ2v) is 5.10. The van der Waals surface area contributed by atoms with Crippen LogP contribution in [0.5, 0.6) is 0 Å². The first kappa shape index (κ1) is 15.4. The van der Waals surface area contributed by atoms with Crippen LogP contribution in [0.3, 0.4) is 0 Å². The summed E-state index contributed by atoms with van der Waals surface area (Å²) in [6.45, 7) is 3.79. The van der Waals surface area contributed by atoms with Crippen LogP contribution in [-0.2, 0) is 4.79 Å². The van der Waals surface area contributed by atoms with E-state index < -0.39 is 17.8 Å². The lowest BCUT2D eigenvalue weighted by Crippen LogP contribution is -2.53. The molecule has 1 atom stereocenters. The Hall–Kier alpha value is -1.95. The summed E-state index contributed by atoms with van der Waals surface area (Å²) >= 11 is 0. The fourth-order valence-electron chi connectivity index (χ4n) is 2.63. The van der Waals surface area contributed by atoms with Crippen molar-refractivity contribution in [2.45, 2.75) is 19.4 Å². The average molecular weight is 294 g/mol. The molecule has 0 radical (unpaired) electrons. The lowest BCUT2D eigenvalue weighted by molar-refractivity contribution is -0.144. The Morgan fingerprint density at radius 2 is 1.95 bits per heavy atom. The van der Waals surface area contributed by atoms with Crippen molar-refractivity contribution in [1.82, 2.24) is 9.80 Å². The minimum atomic E-state index is -0.831. The maximum absolute atomic E-state index is 13.2. The number of halogens is 1. The Balaban J connectivity index is 1.97. The molecule has 1 aliphatic heterocycles. The number of rotatable bonds is 4. The van der Waals surface area contributed by atoms with E-state index in [1.807, 2.05) is 11.8 Å². The van der Waals surface area contributed by atoms with E-state index in [-0.39, 0.29) is 5.91 Å². The first-order chi connectivity index (χ1) is 10.0. The number of hydrogen-bond donors (Lipinski definition) is 1. The van der Waals surface area contributed by atoms with Crippen LogP contribution in [0.25, 0.3) is 0 Å². The molecule has 0 bridgehead atoms. The zero-order valence-corrected chi connectivity index (χ0v) is 12.0. The van der Waals surface area contributed by atoms with Crippen molar-refractivity contribution >= 4 is 11.9 Å². The molecule has 2 rings (SSSR count). The minimum Gasteiger partial charge on any atom is -0.480 e. The van der Waals surface area contributed by atoms with E-state index in [0.29, 0.717) is 38.2 Å². The summed E-state index contributed by atoms with van der Waals surface area (Å²) in [7, 11) is 0. The minimum absolute atomic E-state index is 0.211. The Morgan fingerprint density at radius 3 is 2.48 bits per heavy atom. The van der Waals surface area contributed by atoms with E-state index in [2.05, 4.69) is 0 Å². The molecular formula is C15H19FN2O3. The Bertz CT molecular complexity index is 527. The van der Waals surface area contributed by atoms with Crippen molar-refractivity contribution in [2.24, 2.45) is 0 Å². The van der Waals surface area contributed by atoms with Crippen molar-refractivity contribution in [3.63, 3.8) is 0 Å². The molecule has 1 aromatic carbocycles. The van der Waals surface area contributed by atoms with Crippen LogP contribution in [0, 0.1) is 5.82 Å². The number of carbonyl (C=O) groups is 2. The molecule has 6 heteroatoms. The maximum atomic E-state index is 13.2. The predicted molar refractivity (Wildman–Crippen MR) is 75.6 cm³/mol. The van der Waals surface area contributed by atoms with Gasteiger partial charge in [-0.15, -0.1) is 0 Å². The summed E-state index contributed by atoms with van der Waals surface area (Å²) in [6, 6.07) is 5.12. The number of nitrogens with zero attached hydrogens (tertiary/aromatic N) is 2. The average Bonchev–Trinajstić information content (AvgIpc) is 2.47. The van der Waals surface area contributed by atoms with Crippen LogP contribution < -0.4 is 0 Å². The fraction of sp³-hybridized carbons (Fsp3) is 0.467. The third-order valence-corrected chi connectivity index (χ3v) is 3.79. The summed E-state index contributed by atoms with van der Waals surface area (Å²) in [5, 5.41) is 9.15.